The lowest BCUT2D eigenvalue weighted by Gasteiger charge is -2.33. The van der Waals surface area contributed by atoms with Gasteiger partial charge in [0.2, 0.25) is 5.91 Å². The van der Waals surface area contributed by atoms with Gasteiger partial charge in [-0.15, -0.1) is 24.0 Å². The van der Waals surface area contributed by atoms with Crippen LogP contribution in [-0.4, -0.2) is 61.6 Å². The number of rotatable bonds is 8. The molecule has 0 aromatic carbocycles. The molecule has 2 fully saturated rings. The summed E-state index contributed by atoms with van der Waals surface area (Å²) in [5, 5.41) is 9.72. The zero-order chi connectivity index (χ0) is 18.6. The summed E-state index contributed by atoms with van der Waals surface area (Å²) in [6.07, 6.45) is 11.1. The molecule has 1 atom stereocenters. The zero-order valence-corrected chi connectivity index (χ0v) is 19.6. The van der Waals surface area contributed by atoms with Crippen molar-refractivity contribution in [3.05, 3.63) is 0 Å². The van der Waals surface area contributed by atoms with E-state index in [9.17, 15) is 4.79 Å². The molecule has 0 aromatic rings. The van der Waals surface area contributed by atoms with Crippen molar-refractivity contribution in [1.82, 2.24) is 20.9 Å². The Hall–Kier alpha value is -0.570. The highest BCUT2D eigenvalue weighted by Crippen LogP contribution is 2.17. The molecule has 1 saturated heterocycles. The second kappa shape index (κ2) is 14.4. The van der Waals surface area contributed by atoms with E-state index >= 15 is 0 Å². The van der Waals surface area contributed by atoms with Crippen molar-refractivity contribution < 1.29 is 4.79 Å². The Labute approximate surface area is 182 Å². The van der Waals surface area contributed by atoms with Crippen LogP contribution in [0.5, 0.6) is 0 Å². The van der Waals surface area contributed by atoms with Gasteiger partial charge in [0, 0.05) is 31.7 Å². The van der Waals surface area contributed by atoms with Gasteiger partial charge >= 0.3 is 0 Å². The van der Waals surface area contributed by atoms with Crippen LogP contribution in [0.25, 0.3) is 0 Å². The maximum atomic E-state index is 12.1. The fourth-order valence-electron chi connectivity index (χ4n) is 3.99. The van der Waals surface area contributed by atoms with Gasteiger partial charge in [0.25, 0.3) is 0 Å². The van der Waals surface area contributed by atoms with Crippen molar-refractivity contribution in [3.63, 3.8) is 0 Å². The first kappa shape index (κ1) is 24.5. The third-order valence-electron chi connectivity index (χ3n) is 5.55. The van der Waals surface area contributed by atoms with Crippen LogP contribution in [0.1, 0.15) is 71.6 Å². The van der Waals surface area contributed by atoms with Crippen LogP contribution in [-0.2, 0) is 4.79 Å². The molecule has 1 amide bonds. The number of hydrogen-bond donors (Lipinski definition) is 3. The van der Waals surface area contributed by atoms with E-state index in [4.69, 9.17) is 0 Å². The number of piperidine rings is 1. The number of guanidine groups is 1. The highest BCUT2D eigenvalue weighted by atomic mass is 127. The third-order valence-corrected chi connectivity index (χ3v) is 5.55. The minimum atomic E-state index is 0. The first-order valence-corrected chi connectivity index (χ1v) is 10.7. The summed E-state index contributed by atoms with van der Waals surface area (Å²) in [4.78, 5) is 19.1. The molecule has 1 aliphatic heterocycles. The lowest BCUT2D eigenvalue weighted by atomic mass is 9.95. The Kier molecular flexibility index (Phi) is 13.1. The molecule has 7 heteroatoms. The molecule has 0 radical (unpaired) electrons. The highest BCUT2D eigenvalue weighted by Gasteiger charge is 2.17. The predicted molar refractivity (Wildman–Crippen MR) is 124 cm³/mol. The standard InChI is InChI=1S/C20H39N5O.HI/c1-3-21-20(22-13-9-15-25-14-8-7-10-17(25)2)23-16-19(26)24-18-11-5-4-6-12-18;/h17-18H,3-16H2,1-2H3,(H,24,26)(H2,21,22,23);1H. The van der Waals surface area contributed by atoms with Gasteiger partial charge in [-0.3, -0.25) is 4.79 Å². The number of nitrogens with one attached hydrogen (secondary N) is 3. The van der Waals surface area contributed by atoms with E-state index in [2.05, 4.69) is 39.7 Å². The van der Waals surface area contributed by atoms with Gasteiger partial charge in [0.05, 0.1) is 0 Å². The van der Waals surface area contributed by atoms with E-state index in [1.807, 2.05) is 0 Å². The average Bonchev–Trinajstić information content (AvgIpc) is 2.65. The molecule has 1 aliphatic carbocycles. The SMILES string of the molecule is CCNC(=NCC(=O)NC1CCCCC1)NCCCN1CCCCC1C.I. The van der Waals surface area contributed by atoms with Crippen molar-refractivity contribution in [2.24, 2.45) is 4.99 Å². The first-order chi connectivity index (χ1) is 12.7. The second-order valence-electron chi connectivity index (χ2n) is 7.76. The normalized spacial score (nSPS) is 22.0. The van der Waals surface area contributed by atoms with Crippen LogP contribution < -0.4 is 16.0 Å². The van der Waals surface area contributed by atoms with E-state index in [-0.39, 0.29) is 36.4 Å². The second-order valence-corrected chi connectivity index (χ2v) is 7.76. The molecule has 0 bridgehead atoms. The molecular formula is C20H40IN5O. The average molecular weight is 493 g/mol. The lowest BCUT2D eigenvalue weighted by molar-refractivity contribution is -0.120. The van der Waals surface area contributed by atoms with E-state index in [1.165, 1.54) is 45.1 Å². The van der Waals surface area contributed by atoms with Crippen LogP contribution in [0, 0.1) is 0 Å². The molecule has 1 unspecified atom stereocenters. The summed E-state index contributed by atoms with van der Waals surface area (Å²) in [5.74, 6) is 0.786. The molecule has 1 heterocycles. The number of carbonyl (C=O) groups is 1. The zero-order valence-electron chi connectivity index (χ0n) is 17.3. The number of halogens is 1. The summed E-state index contributed by atoms with van der Waals surface area (Å²) in [6.45, 7) is 8.65. The molecule has 3 N–H and O–H groups in total. The van der Waals surface area contributed by atoms with Crippen LogP contribution in [0.3, 0.4) is 0 Å². The Morgan fingerprint density at radius 1 is 1.07 bits per heavy atom. The van der Waals surface area contributed by atoms with Crippen LogP contribution in [0.2, 0.25) is 0 Å². The highest BCUT2D eigenvalue weighted by molar-refractivity contribution is 14.0. The molecule has 6 nitrogen and oxygen atoms in total. The van der Waals surface area contributed by atoms with Crippen molar-refractivity contribution >= 4 is 35.8 Å². The van der Waals surface area contributed by atoms with Gasteiger partial charge in [-0.1, -0.05) is 25.7 Å². The quantitative estimate of drug-likeness (QED) is 0.211. The van der Waals surface area contributed by atoms with Crippen molar-refractivity contribution in [1.29, 1.82) is 0 Å². The Morgan fingerprint density at radius 2 is 1.81 bits per heavy atom. The summed E-state index contributed by atoms with van der Waals surface area (Å²) in [6, 6.07) is 1.07. The number of hydrogen-bond acceptors (Lipinski definition) is 3. The van der Waals surface area contributed by atoms with Gasteiger partial charge in [-0.25, -0.2) is 4.99 Å². The minimum absolute atomic E-state index is 0. The number of likely N-dealkylation sites (tertiary alicyclic amines) is 1. The Morgan fingerprint density at radius 3 is 2.52 bits per heavy atom. The van der Waals surface area contributed by atoms with Crippen molar-refractivity contribution in [2.75, 3.05) is 32.7 Å². The smallest absolute Gasteiger partial charge is 0.242 e. The van der Waals surface area contributed by atoms with Crippen LogP contribution in [0.15, 0.2) is 4.99 Å². The van der Waals surface area contributed by atoms with Crippen molar-refractivity contribution in [2.45, 2.75) is 83.7 Å². The van der Waals surface area contributed by atoms with Crippen LogP contribution in [0.4, 0.5) is 0 Å². The number of aliphatic imine (C=N–C) groups is 1. The molecule has 158 valence electrons. The molecule has 0 aromatic heterocycles. The van der Waals surface area contributed by atoms with Gasteiger partial charge in [-0.05, 0) is 52.5 Å². The van der Waals surface area contributed by atoms with Gasteiger partial charge in [-0.2, -0.15) is 0 Å². The van der Waals surface area contributed by atoms with Crippen molar-refractivity contribution in [3.8, 4) is 0 Å². The summed E-state index contributed by atoms with van der Waals surface area (Å²) in [5.41, 5.74) is 0. The minimum Gasteiger partial charge on any atom is -0.357 e. The fourth-order valence-corrected chi connectivity index (χ4v) is 3.99. The van der Waals surface area contributed by atoms with E-state index in [1.54, 1.807) is 0 Å². The van der Waals surface area contributed by atoms with E-state index in [0.29, 0.717) is 12.1 Å². The fraction of sp³-hybridized carbons (Fsp3) is 0.900. The number of nitrogens with zero attached hydrogens (tertiary/aromatic N) is 2. The lowest BCUT2D eigenvalue weighted by Crippen LogP contribution is -2.42. The Balaban J connectivity index is 0.00000364. The van der Waals surface area contributed by atoms with Crippen LogP contribution >= 0.6 is 24.0 Å². The molecular weight excluding hydrogens is 453 g/mol. The maximum Gasteiger partial charge on any atom is 0.242 e. The van der Waals surface area contributed by atoms with Gasteiger partial charge in [0.15, 0.2) is 5.96 Å². The molecule has 1 saturated carbocycles. The summed E-state index contributed by atoms with van der Waals surface area (Å²) in [7, 11) is 0. The van der Waals surface area contributed by atoms with E-state index in [0.717, 1.165) is 44.9 Å². The largest absolute Gasteiger partial charge is 0.357 e. The molecule has 2 rings (SSSR count). The molecule has 27 heavy (non-hydrogen) atoms. The van der Waals surface area contributed by atoms with Gasteiger partial charge in [0.1, 0.15) is 6.54 Å². The monoisotopic (exact) mass is 493 g/mol. The number of carbonyl (C=O) groups excluding carboxylic acids is 1. The summed E-state index contributed by atoms with van der Waals surface area (Å²) < 4.78 is 0. The van der Waals surface area contributed by atoms with E-state index < -0.39 is 0 Å². The maximum absolute atomic E-state index is 12.1. The number of amides is 1. The Bertz CT molecular complexity index is 440. The summed E-state index contributed by atoms with van der Waals surface area (Å²) >= 11 is 0. The topological polar surface area (TPSA) is 68.8 Å². The van der Waals surface area contributed by atoms with Gasteiger partial charge < -0.3 is 20.9 Å². The molecule has 0 spiro atoms. The predicted octanol–water partition coefficient (Wildman–Crippen LogP) is 2.87. The molecule has 2 aliphatic rings. The third kappa shape index (κ3) is 9.96. The first-order valence-electron chi connectivity index (χ1n) is 10.7.